The van der Waals surface area contributed by atoms with E-state index in [-0.39, 0.29) is 5.75 Å². The van der Waals surface area contributed by atoms with Crippen molar-refractivity contribution >= 4 is 12.2 Å². The van der Waals surface area contributed by atoms with Crippen molar-refractivity contribution in [3.8, 4) is 5.75 Å². The van der Waals surface area contributed by atoms with Crippen LogP contribution in [0.4, 0.5) is 0 Å². The van der Waals surface area contributed by atoms with Crippen LogP contribution in [-0.2, 0) is 0 Å². The third kappa shape index (κ3) is 2.06. The van der Waals surface area contributed by atoms with E-state index in [4.69, 9.17) is 0 Å². The molecule has 0 unspecified atom stereocenters. The quantitative estimate of drug-likeness (QED) is 0.715. The smallest absolute Gasteiger partial charge is 0.126 e. The van der Waals surface area contributed by atoms with Gasteiger partial charge >= 0.3 is 0 Å². The summed E-state index contributed by atoms with van der Waals surface area (Å²) in [6.45, 7) is 7.13. The average molecular weight is 173 g/mol. The molecule has 0 amide bonds. The van der Waals surface area contributed by atoms with Crippen molar-refractivity contribution in [1.82, 2.24) is 4.98 Å². The van der Waals surface area contributed by atoms with Gasteiger partial charge in [-0.3, -0.25) is 4.98 Å². The van der Waals surface area contributed by atoms with Crippen LogP contribution in [0.15, 0.2) is 37.6 Å². The molecular formula is C11H11NO. The Labute approximate surface area is 76.9 Å². The van der Waals surface area contributed by atoms with Crippen molar-refractivity contribution < 1.29 is 5.11 Å². The zero-order valence-electron chi connectivity index (χ0n) is 7.27. The monoisotopic (exact) mass is 173 g/mol. The second-order valence-electron chi connectivity index (χ2n) is 2.43. The lowest BCUT2D eigenvalue weighted by molar-refractivity contribution is 0.469. The molecule has 2 nitrogen and oxygen atoms in total. The Morgan fingerprint density at radius 3 is 2.54 bits per heavy atom. The summed E-state index contributed by atoms with van der Waals surface area (Å²) in [4.78, 5) is 4.08. The standard InChI is InChI=1S/C11H11NO/c1-3-5-9-10(6-4-2)12-8-7-11(9)13/h3-8,13H,1-2H2/b9-5+,10-6+. The normalized spacial score (nSPS) is 12.9. The first-order chi connectivity index (χ1) is 6.29. The summed E-state index contributed by atoms with van der Waals surface area (Å²) >= 11 is 0. The molecule has 0 aliphatic carbocycles. The highest BCUT2D eigenvalue weighted by molar-refractivity contribution is 5.44. The van der Waals surface area contributed by atoms with E-state index >= 15 is 0 Å². The predicted molar refractivity (Wildman–Crippen MR) is 54.5 cm³/mol. The Morgan fingerprint density at radius 2 is 1.92 bits per heavy atom. The van der Waals surface area contributed by atoms with Gasteiger partial charge in [0.25, 0.3) is 0 Å². The van der Waals surface area contributed by atoms with Gasteiger partial charge in [-0.05, 0) is 18.2 Å². The van der Waals surface area contributed by atoms with E-state index in [0.29, 0.717) is 10.6 Å². The minimum absolute atomic E-state index is 0.197. The molecule has 1 rings (SSSR count). The molecule has 0 bridgehead atoms. The van der Waals surface area contributed by atoms with E-state index < -0.39 is 0 Å². The molecule has 0 aliphatic rings. The van der Waals surface area contributed by atoms with Crippen LogP contribution in [-0.4, -0.2) is 10.1 Å². The number of aromatic nitrogens is 1. The summed E-state index contributed by atoms with van der Waals surface area (Å²) in [6.07, 6.45) is 8.22. The summed E-state index contributed by atoms with van der Waals surface area (Å²) in [6, 6.07) is 1.54. The van der Waals surface area contributed by atoms with Crippen LogP contribution in [0.5, 0.6) is 5.75 Å². The first-order valence-electron chi connectivity index (χ1n) is 3.89. The van der Waals surface area contributed by atoms with Crippen LogP contribution in [0.2, 0.25) is 0 Å². The lowest BCUT2D eigenvalue weighted by Gasteiger charge is -1.92. The van der Waals surface area contributed by atoms with Crippen molar-refractivity contribution in [3.05, 3.63) is 48.1 Å². The highest BCUT2D eigenvalue weighted by Gasteiger charge is 1.91. The maximum Gasteiger partial charge on any atom is 0.126 e. The summed E-state index contributed by atoms with van der Waals surface area (Å²) < 4.78 is 0. The second kappa shape index (κ2) is 4.26. The molecular weight excluding hydrogens is 162 g/mol. The van der Waals surface area contributed by atoms with E-state index in [1.165, 1.54) is 6.07 Å². The van der Waals surface area contributed by atoms with Gasteiger partial charge in [-0.1, -0.05) is 25.3 Å². The van der Waals surface area contributed by atoms with Crippen LogP contribution in [0.3, 0.4) is 0 Å². The molecule has 13 heavy (non-hydrogen) atoms. The first kappa shape index (κ1) is 9.26. The van der Waals surface area contributed by atoms with E-state index in [1.807, 2.05) is 0 Å². The van der Waals surface area contributed by atoms with Gasteiger partial charge < -0.3 is 5.11 Å². The SMILES string of the molecule is C=C/C=c1/nccc(O)/c1=C/C=C. The van der Waals surface area contributed by atoms with Crippen molar-refractivity contribution in [1.29, 1.82) is 0 Å². The van der Waals surface area contributed by atoms with Gasteiger partial charge in [-0.15, -0.1) is 0 Å². The number of nitrogens with zero attached hydrogens (tertiary/aromatic N) is 1. The summed E-state index contributed by atoms with van der Waals surface area (Å²) in [5.41, 5.74) is 0. The van der Waals surface area contributed by atoms with Crippen molar-refractivity contribution in [2.45, 2.75) is 0 Å². The van der Waals surface area contributed by atoms with Gasteiger partial charge in [0.2, 0.25) is 0 Å². The number of rotatable bonds is 2. The molecule has 1 aromatic heterocycles. The fourth-order valence-corrected chi connectivity index (χ4v) is 1.01. The molecule has 0 atom stereocenters. The molecule has 1 N–H and O–H groups in total. The van der Waals surface area contributed by atoms with Crippen molar-refractivity contribution in [2.24, 2.45) is 0 Å². The number of allylic oxidation sites excluding steroid dienone is 2. The molecule has 0 fully saturated rings. The van der Waals surface area contributed by atoms with Crippen LogP contribution in [0, 0.1) is 0 Å². The average Bonchev–Trinajstić information content (AvgIpc) is 2.11. The fourth-order valence-electron chi connectivity index (χ4n) is 1.01. The van der Waals surface area contributed by atoms with Gasteiger partial charge in [-0.25, -0.2) is 0 Å². The lowest BCUT2D eigenvalue weighted by Crippen LogP contribution is -2.27. The minimum Gasteiger partial charge on any atom is -0.507 e. The van der Waals surface area contributed by atoms with Crippen molar-refractivity contribution in [3.63, 3.8) is 0 Å². The van der Waals surface area contributed by atoms with Gasteiger partial charge in [-0.2, -0.15) is 0 Å². The number of pyridine rings is 1. The molecule has 0 saturated heterocycles. The molecule has 0 radical (unpaired) electrons. The molecule has 0 spiro atoms. The molecule has 0 aliphatic heterocycles. The van der Waals surface area contributed by atoms with Crippen LogP contribution < -0.4 is 10.6 Å². The number of hydrogen-bond donors (Lipinski definition) is 1. The minimum atomic E-state index is 0.197. The first-order valence-corrected chi connectivity index (χ1v) is 3.89. The van der Waals surface area contributed by atoms with E-state index in [0.717, 1.165) is 0 Å². The highest BCUT2D eigenvalue weighted by Crippen LogP contribution is 1.92. The molecule has 1 aromatic rings. The third-order valence-electron chi connectivity index (χ3n) is 1.56. The fraction of sp³-hybridized carbons (Fsp3) is 0. The second-order valence-corrected chi connectivity index (χ2v) is 2.43. The van der Waals surface area contributed by atoms with Crippen LogP contribution >= 0.6 is 0 Å². The molecule has 0 saturated carbocycles. The molecule has 0 aromatic carbocycles. The van der Waals surface area contributed by atoms with Gasteiger partial charge in [0.1, 0.15) is 5.75 Å². The van der Waals surface area contributed by atoms with Crippen molar-refractivity contribution in [2.75, 3.05) is 0 Å². The third-order valence-corrected chi connectivity index (χ3v) is 1.56. The molecule has 1 heterocycles. The maximum atomic E-state index is 9.48. The maximum absolute atomic E-state index is 9.48. The Morgan fingerprint density at radius 1 is 1.23 bits per heavy atom. The van der Waals surface area contributed by atoms with Crippen LogP contribution in [0.25, 0.3) is 12.2 Å². The molecule has 2 heteroatoms. The summed E-state index contributed by atoms with van der Waals surface area (Å²) in [5.74, 6) is 0.197. The zero-order valence-corrected chi connectivity index (χ0v) is 7.27. The predicted octanol–water partition coefficient (Wildman–Crippen LogP) is 0.720. The van der Waals surface area contributed by atoms with E-state index in [9.17, 15) is 5.11 Å². The summed E-state index contributed by atoms with van der Waals surface area (Å²) in [5, 5.41) is 10.8. The van der Waals surface area contributed by atoms with Gasteiger partial charge in [0, 0.05) is 11.4 Å². The largest absolute Gasteiger partial charge is 0.507 e. The number of aromatic hydroxyl groups is 1. The van der Waals surface area contributed by atoms with Gasteiger partial charge in [0.15, 0.2) is 0 Å². The zero-order chi connectivity index (χ0) is 9.68. The topological polar surface area (TPSA) is 33.1 Å². The highest BCUT2D eigenvalue weighted by atomic mass is 16.3. The Bertz CT molecular complexity index is 432. The Kier molecular flexibility index (Phi) is 3.03. The Balaban J connectivity index is 3.62. The molecule has 66 valence electrons. The van der Waals surface area contributed by atoms with E-state index in [1.54, 1.807) is 30.5 Å². The number of hydrogen-bond acceptors (Lipinski definition) is 2. The van der Waals surface area contributed by atoms with Crippen LogP contribution in [0.1, 0.15) is 0 Å². The Hall–Kier alpha value is -1.83. The lowest BCUT2D eigenvalue weighted by atomic mass is 10.3. The summed E-state index contributed by atoms with van der Waals surface area (Å²) in [7, 11) is 0. The van der Waals surface area contributed by atoms with Gasteiger partial charge in [0.05, 0.1) is 5.35 Å². The van der Waals surface area contributed by atoms with E-state index in [2.05, 4.69) is 18.1 Å².